The molecule has 0 saturated carbocycles. The first-order valence-corrected chi connectivity index (χ1v) is 10.6. The number of fused-ring (bicyclic) bond motifs is 1. The summed E-state index contributed by atoms with van der Waals surface area (Å²) in [6.07, 6.45) is 0. The minimum Gasteiger partial charge on any atom is -0.493 e. The molecule has 0 aliphatic rings. The maximum atomic E-state index is 13.7. The second-order valence-corrected chi connectivity index (χ2v) is 7.62. The van der Waals surface area contributed by atoms with Crippen LogP contribution in [0.25, 0.3) is 39.1 Å². The molecule has 0 amide bonds. The van der Waals surface area contributed by atoms with E-state index in [0.717, 1.165) is 15.7 Å². The van der Waals surface area contributed by atoms with Crippen LogP contribution in [-0.2, 0) is 0 Å². The van der Waals surface area contributed by atoms with Crippen LogP contribution in [0, 0.1) is 0 Å². The van der Waals surface area contributed by atoms with Crippen molar-refractivity contribution in [2.45, 2.75) is 0 Å². The minimum atomic E-state index is -0.556. The van der Waals surface area contributed by atoms with Crippen molar-refractivity contribution in [2.75, 3.05) is 14.2 Å². The minimum absolute atomic E-state index is 0.216. The van der Waals surface area contributed by atoms with Crippen LogP contribution < -0.4 is 20.7 Å². The quantitative estimate of drug-likeness (QED) is 0.427. The Morgan fingerprint density at radius 1 is 0.765 bits per heavy atom. The number of methoxy groups -OCH3 is 2. The van der Waals surface area contributed by atoms with Crippen molar-refractivity contribution in [1.82, 2.24) is 14.5 Å². The molecule has 0 spiro atoms. The lowest BCUT2D eigenvalue weighted by atomic mass is 9.99. The van der Waals surface area contributed by atoms with Gasteiger partial charge in [0.1, 0.15) is 5.65 Å². The molecule has 168 valence electrons. The summed E-state index contributed by atoms with van der Waals surface area (Å²) in [6, 6.07) is 25.7. The summed E-state index contributed by atoms with van der Waals surface area (Å²) < 4.78 is 12.0. The molecule has 2 aromatic heterocycles. The summed E-state index contributed by atoms with van der Waals surface area (Å²) in [6.45, 7) is 0. The van der Waals surface area contributed by atoms with E-state index in [2.05, 4.69) is 9.97 Å². The van der Waals surface area contributed by atoms with Gasteiger partial charge in [-0.3, -0.25) is 9.78 Å². The van der Waals surface area contributed by atoms with Crippen molar-refractivity contribution >= 4 is 11.0 Å². The van der Waals surface area contributed by atoms with Gasteiger partial charge in [0.15, 0.2) is 11.5 Å². The molecule has 0 unspecified atom stereocenters. The van der Waals surface area contributed by atoms with Gasteiger partial charge in [0.25, 0.3) is 5.56 Å². The number of rotatable bonds is 5. The highest BCUT2D eigenvalue weighted by Gasteiger charge is 2.18. The summed E-state index contributed by atoms with van der Waals surface area (Å²) in [7, 11) is 3.12. The highest BCUT2D eigenvalue weighted by Crippen LogP contribution is 2.35. The summed E-state index contributed by atoms with van der Waals surface area (Å²) in [5.74, 6) is 1.10. The Morgan fingerprint density at radius 2 is 1.44 bits per heavy atom. The van der Waals surface area contributed by atoms with Crippen molar-refractivity contribution in [3.8, 4) is 39.6 Å². The topological polar surface area (TPSA) is 86.2 Å². The SMILES string of the molecule is COc1ccc(-c2cc(-c3ccccc3)nc3[nH]c(=O)n(-c4ccccc4)c(=O)c23)cc1OC. The smallest absolute Gasteiger partial charge is 0.334 e. The molecule has 7 heteroatoms. The number of H-pyrrole nitrogens is 1. The zero-order valence-electron chi connectivity index (χ0n) is 18.6. The van der Waals surface area contributed by atoms with Crippen molar-refractivity contribution in [1.29, 1.82) is 0 Å². The molecule has 34 heavy (non-hydrogen) atoms. The lowest BCUT2D eigenvalue weighted by Gasteiger charge is -2.14. The standard InChI is InChI=1S/C27H21N3O4/c1-33-22-14-13-18(15-23(22)34-2)20-16-21(17-9-5-3-6-10-17)28-25-24(20)26(31)30(27(32)29-25)19-11-7-4-8-12-19/h3-16H,1-2H3,(H,28,29,32). The molecule has 2 heterocycles. The van der Waals surface area contributed by atoms with Crippen LogP contribution in [0.1, 0.15) is 0 Å². The largest absolute Gasteiger partial charge is 0.493 e. The van der Waals surface area contributed by atoms with Crippen LogP contribution in [0.5, 0.6) is 11.5 Å². The predicted molar refractivity (Wildman–Crippen MR) is 132 cm³/mol. The third kappa shape index (κ3) is 3.63. The molecule has 0 bridgehead atoms. The second kappa shape index (κ2) is 8.71. The Balaban J connectivity index is 1.88. The van der Waals surface area contributed by atoms with E-state index in [4.69, 9.17) is 9.47 Å². The molecule has 0 aliphatic heterocycles. The van der Waals surface area contributed by atoms with E-state index < -0.39 is 11.2 Å². The molecule has 0 fully saturated rings. The Bertz CT molecular complexity index is 1610. The number of aromatic nitrogens is 3. The van der Waals surface area contributed by atoms with Gasteiger partial charge in [0.2, 0.25) is 0 Å². The number of hydrogen-bond donors (Lipinski definition) is 1. The van der Waals surface area contributed by atoms with Crippen LogP contribution in [0.15, 0.2) is 94.5 Å². The van der Waals surface area contributed by atoms with Crippen molar-refractivity contribution in [2.24, 2.45) is 0 Å². The zero-order chi connectivity index (χ0) is 23.7. The van der Waals surface area contributed by atoms with Crippen molar-refractivity contribution in [3.05, 3.63) is 106 Å². The molecule has 0 aliphatic carbocycles. The highest BCUT2D eigenvalue weighted by atomic mass is 16.5. The average Bonchev–Trinajstić information content (AvgIpc) is 2.88. The van der Waals surface area contributed by atoms with Gasteiger partial charge < -0.3 is 9.47 Å². The normalized spacial score (nSPS) is 10.9. The number of nitrogens with zero attached hydrogens (tertiary/aromatic N) is 2. The Kier molecular flexibility index (Phi) is 5.43. The third-order valence-corrected chi connectivity index (χ3v) is 5.64. The summed E-state index contributed by atoms with van der Waals surface area (Å²) in [5, 5.41) is 0.301. The first-order valence-electron chi connectivity index (χ1n) is 10.6. The monoisotopic (exact) mass is 451 g/mol. The van der Waals surface area contributed by atoms with Crippen LogP contribution >= 0.6 is 0 Å². The van der Waals surface area contributed by atoms with E-state index >= 15 is 0 Å². The third-order valence-electron chi connectivity index (χ3n) is 5.64. The molecule has 5 rings (SSSR count). The van der Waals surface area contributed by atoms with E-state index in [0.29, 0.717) is 33.8 Å². The van der Waals surface area contributed by atoms with Gasteiger partial charge in [-0.25, -0.2) is 14.3 Å². The molecule has 5 aromatic rings. The predicted octanol–water partition coefficient (Wildman–Crippen LogP) is 4.43. The van der Waals surface area contributed by atoms with E-state index in [1.807, 2.05) is 48.5 Å². The van der Waals surface area contributed by atoms with Crippen LogP contribution in [0.4, 0.5) is 0 Å². The van der Waals surface area contributed by atoms with Crippen LogP contribution in [0.3, 0.4) is 0 Å². The molecule has 0 radical (unpaired) electrons. The number of nitrogens with one attached hydrogen (secondary N) is 1. The van der Waals surface area contributed by atoms with Gasteiger partial charge in [-0.2, -0.15) is 0 Å². The van der Waals surface area contributed by atoms with Gasteiger partial charge in [-0.05, 0) is 35.9 Å². The summed E-state index contributed by atoms with van der Waals surface area (Å²) in [5.41, 5.74) is 2.52. The van der Waals surface area contributed by atoms with E-state index in [1.165, 1.54) is 0 Å². The number of aromatic amines is 1. The van der Waals surface area contributed by atoms with Gasteiger partial charge in [-0.15, -0.1) is 0 Å². The number of ether oxygens (including phenoxy) is 2. The number of benzene rings is 3. The molecule has 1 N–H and O–H groups in total. The number of pyridine rings is 1. The lowest BCUT2D eigenvalue weighted by molar-refractivity contribution is 0.355. The maximum absolute atomic E-state index is 13.7. The molecule has 3 aromatic carbocycles. The number of hydrogen-bond acceptors (Lipinski definition) is 5. The Morgan fingerprint density at radius 3 is 2.12 bits per heavy atom. The van der Waals surface area contributed by atoms with E-state index in [1.54, 1.807) is 50.6 Å². The lowest BCUT2D eigenvalue weighted by Crippen LogP contribution is -2.34. The van der Waals surface area contributed by atoms with Gasteiger partial charge in [-0.1, -0.05) is 54.6 Å². The Hall–Kier alpha value is -4.65. The first kappa shape index (κ1) is 21.2. The fourth-order valence-electron chi connectivity index (χ4n) is 4.01. The molecule has 7 nitrogen and oxygen atoms in total. The highest BCUT2D eigenvalue weighted by molar-refractivity contribution is 5.95. The number of para-hydroxylation sites is 1. The fraction of sp³-hybridized carbons (Fsp3) is 0.0741. The Labute approximate surface area is 194 Å². The molecule has 0 saturated heterocycles. The summed E-state index contributed by atoms with van der Waals surface area (Å²) in [4.78, 5) is 34.1. The van der Waals surface area contributed by atoms with E-state index in [9.17, 15) is 9.59 Å². The molecular weight excluding hydrogens is 430 g/mol. The van der Waals surface area contributed by atoms with Gasteiger partial charge in [0.05, 0.1) is 31.0 Å². The zero-order valence-corrected chi connectivity index (χ0v) is 18.6. The maximum Gasteiger partial charge on any atom is 0.334 e. The first-order chi connectivity index (χ1) is 16.6. The van der Waals surface area contributed by atoms with Crippen LogP contribution in [-0.4, -0.2) is 28.8 Å². The van der Waals surface area contributed by atoms with Gasteiger partial charge >= 0.3 is 5.69 Å². The fourth-order valence-corrected chi connectivity index (χ4v) is 4.01. The summed E-state index contributed by atoms with van der Waals surface area (Å²) >= 11 is 0. The molecular formula is C27H21N3O4. The van der Waals surface area contributed by atoms with Gasteiger partial charge in [0, 0.05) is 11.1 Å². The average molecular weight is 451 g/mol. The van der Waals surface area contributed by atoms with Crippen molar-refractivity contribution in [3.63, 3.8) is 0 Å². The van der Waals surface area contributed by atoms with Crippen LogP contribution in [0.2, 0.25) is 0 Å². The van der Waals surface area contributed by atoms with Crippen molar-refractivity contribution < 1.29 is 9.47 Å². The second-order valence-electron chi connectivity index (χ2n) is 7.62. The molecule has 0 atom stereocenters. The van der Waals surface area contributed by atoms with E-state index in [-0.39, 0.29) is 5.65 Å².